The predicted molar refractivity (Wildman–Crippen MR) is 90.2 cm³/mol. The molecule has 0 spiro atoms. The first kappa shape index (κ1) is 19.3. The van der Waals surface area contributed by atoms with Gasteiger partial charge < -0.3 is 9.84 Å². The molecule has 2 N–H and O–H groups in total. The monoisotopic (exact) mass is 366 g/mol. The number of carbonyl (C=O) groups is 1. The van der Waals surface area contributed by atoms with Crippen LogP contribution in [0.15, 0.2) is 47.6 Å². The van der Waals surface area contributed by atoms with Gasteiger partial charge >= 0.3 is 6.18 Å². The molecule has 0 fully saturated rings. The highest BCUT2D eigenvalue weighted by Gasteiger charge is 2.30. The average Bonchev–Trinajstić information content (AvgIpc) is 2.57. The van der Waals surface area contributed by atoms with Crippen LogP contribution in [0.5, 0.6) is 11.5 Å². The average molecular weight is 366 g/mol. The molecule has 0 aliphatic heterocycles. The minimum Gasteiger partial charge on any atom is -0.504 e. The van der Waals surface area contributed by atoms with Crippen molar-refractivity contribution in [3.63, 3.8) is 0 Å². The molecular weight excluding hydrogens is 349 g/mol. The summed E-state index contributed by atoms with van der Waals surface area (Å²) in [7, 11) is 0. The van der Waals surface area contributed by atoms with Gasteiger partial charge in [-0.05, 0) is 42.3 Å². The van der Waals surface area contributed by atoms with E-state index in [-0.39, 0.29) is 23.5 Å². The van der Waals surface area contributed by atoms with Crippen molar-refractivity contribution in [3.05, 3.63) is 59.2 Å². The molecule has 26 heavy (non-hydrogen) atoms. The maximum absolute atomic E-state index is 12.7. The first-order valence-corrected chi connectivity index (χ1v) is 7.73. The van der Waals surface area contributed by atoms with Crippen LogP contribution >= 0.6 is 0 Å². The molecule has 0 aromatic heterocycles. The van der Waals surface area contributed by atoms with Crippen LogP contribution in [0.4, 0.5) is 13.2 Å². The Morgan fingerprint density at radius 1 is 1.27 bits per heavy atom. The van der Waals surface area contributed by atoms with Gasteiger partial charge in [-0.2, -0.15) is 18.3 Å². The Bertz CT molecular complexity index is 805. The van der Waals surface area contributed by atoms with E-state index in [0.29, 0.717) is 12.2 Å². The van der Waals surface area contributed by atoms with Crippen molar-refractivity contribution in [2.75, 3.05) is 6.61 Å². The Balaban J connectivity index is 1.97. The van der Waals surface area contributed by atoms with Crippen LogP contribution in [0.25, 0.3) is 0 Å². The topological polar surface area (TPSA) is 70.9 Å². The normalized spacial score (nSPS) is 11.5. The van der Waals surface area contributed by atoms with Crippen LogP contribution in [0, 0.1) is 0 Å². The summed E-state index contributed by atoms with van der Waals surface area (Å²) in [5.41, 5.74) is 2.25. The van der Waals surface area contributed by atoms with E-state index in [2.05, 4.69) is 10.5 Å². The van der Waals surface area contributed by atoms with E-state index in [1.54, 1.807) is 19.1 Å². The number of alkyl halides is 3. The van der Waals surface area contributed by atoms with Gasteiger partial charge in [-0.3, -0.25) is 4.79 Å². The lowest BCUT2D eigenvalue weighted by Crippen LogP contribution is -2.20. The number of ether oxygens (including phenoxy) is 1. The van der Waals surface area contributed by atoms with Crippen LogP contribution < -0.4 is 10.2 Å². The second kappa shape index (κ2) is 8.37. The first-order valence-electron chi connectivity index (χ1n) is 7.73. The number of hydrazone groups is 1. The fourth-order valence-corrected chi connectivity index (χ4v) is 2.14. The highest BCUT2D eigenvalue weighted by Crippen LogP contribution is 2.29. The van der Waals surface area contributed by atoms with Crippen molar-refractivity contribution in [1.29, 1.82) is 0 Å². The summed E-state index contributed by atoms with van der Waals surface area (Å²) in [6, 6.07) is 9.10. The molecule has 2 rings (SSSR count). The quantitative estimate of drug-likeness (QED) is 0.607. The number of rotatable bonds is 6. The van der Waals surface area contributed by atoms with Gasteiger partial charge in [-0.1, -0.05) is 18.2 Å². The van der Waals surface area contributed by atoms with E-state index in [0.717, 1.165) is 12.1 Å². The maximum Gasteiger partial charge on any atom is 0.416 e. The SMILES string of the molecule is CCOc1cc(/C=N\NC(=O)Cc2cccc(C(F)(F)F)c2)ccc1O. The summed E-state index contributed by atoms with van der Waals surface area (Å²) >= 11 is 0. The van der Waals surface area contributed by atoms with Crippen molar-refractivity contribution < 1.29 is 27.8 Å². The largest absolute Gasteiger partial charge is 0.504 e. The van der Waals surface area contributed by atoms with Gasteiger partial charge in [0.15, 0.2) is 11.5 Å². The van der Waals surface area contributed by atoms with Crippen molar-refractivity contribution in [3.8, 4) is 11.5 Å². The number of benzene rings is 2. The number of phenolic OH excluding ortho intramolecular Hbond substituents is 1. The Kier molecular flexibility index (Phi) is 6.21. The number of nitrogens with one attached hydrogen (secondary N) is 1. The summed E-state index contributed by atoms with van der Waals surface area (Å²) in [4.78, 5) is 11.8. The number of hydrogen-bond donors (Lipinski definition) is 2. The Morgan fingerprint density at radius 2 is 2.04 bits per heavy atom. The zero-order chi connectivity index (χ0) is 19.2. The second-order valence-corrected chi connectivity index (χ2v) is 5.33. The molecule has 0 atom stereocenters. The Labute approximate surface area is 148 Å². The summed E-state index contributed by atoms with van der Waals surface area (Å²) < 4.78 is 43.2. The van der Waals surface area contributed by atoms with Gasteiger partial charge in [0.2, 0.25) is 5.91 Å². The fourth-order valence-electron chi connectivity index (χ4n) is 2.14. The van der Waals surface area contributed by atoms with Crippen LogP contribution in [-0.2, 0) is 17.4 Å². The van der Waals surface area contributed by atoms with Crippen molar-refractivity contribution in [2.24, 2.45) is 5.10 Å². The van der Waals surface area contributed by atoms with Gasteiger partial charge in [0, 0.05) is 0 Å². The van der Waals surface area contributed by atoms with Crippen LogP contribution in [0.3, 0.4) is 0 Å². The number of phenols is 1. The fraction of sp³-hybridized carbons (Fsp3) is 0.222. The Morgan fingerprint density at radius 3 is 2.73 bits per heavy atom. The standard InChI is InChI=1S/C18H17F3N2O3/c1-2-26-16-9-13(6-7-15(16)24)11-22-23-17(25)10-12-4-3-5-14(8-12)18(19,20)21/h3-9,11,24H,2,10H2,1H3,(H,23,25)/b22-11-. The van der Waals surface area contributed by atoms with E-state index in [1.165, 1.54) is 24.4 Å². The van der Waals surface area contributed by atoms with Gasteiger partial charge in [0.25, 0.3) is 0 Å². The third-order valence-electron chi connectivity index (χ3n) is 3.31. The molecular formula is C18H17F3N2O3. The third kappa shape index (κ3) is 5.51. The molecule has 2 aromatic rings. The summed E-state index contributed by atoms with van der Waals surface area (Å²) in [6.07, 6.45) is -3.35. The molecule has 0 saturated heterocycles. The van der Waals surface area contributed by atoms with Gasteiger partial charge in [0.05, 0.1) is 24.8 Å². The van der Waals surface area contributed by atoms with Crippen LogP contribution in [0.1, 0.15) is 23.6 Å². The smallest absolute Gasteiger partial charge is 0.416 e. The third-order valence-corrected chi connectivity index (χ3v) is 3.31. The molecule has 138 valence electrons. The number of amides is 1. The molecule has 5 nitrogen and oxygen atoms in total. The molecule has 2 aromatic carbocycles. The zero-order valence-corrected chi connectivity index (χ0v) is 13.9. The zero-order valence-electron chi connectivity index (χ0n) is 13.9. The van der Waals surface area contributed by atoms with Gasteiger partial charge in [0.1, 0.15) is 0 Å². The summed E-state index contributed by atoms with van der Waals surface area (Å²) in [5.74, 6) is -0.284. The maximum atomic E-state index is 12.7. The minimum absolute atomic E-state index is 0.0161. The first-order chi connectivity index (χ1) is 12.3. The number of halogens is 3. The van der Waals surface area contributed by atoms with E-state index >= 15 is 0 Å². The predicted octanol–water partition coefficient (Wildman–Crippen LogP) is 3.50. The molecule has 0 saturated carbocycles. The van der Waals surface area contributed by atoms with Crippen molar-refractivity contribution >= 4 is 12.1 Å². The highest BCUT2D eigenvalue weighted by atomic mass is 19.4. The van der Waals surface area contributed by atoms with E-state index in [1.807, 2.05) is 0 Å². The Hall–Kier alpha value is -3.03. The van der Waals surface area contributed by atoms with Gasteiger partial charge in [-0.25, -0.2) is 5.43 Å². The van der Waals surface area contributed by atoms with Crippen molar-refractivity contribution in [2.45, 2.75) is 19.5 Å². The molecule has 0 aliphatic rings. The van der Waals surface area contributed by atoms with Crippen molar-refractivity contribution in [1.82, 2.24) is 5.43 Å². The molecule has 0 aliphatic carbocycles. The summed E-state index contributed by atoms with van der Waals surface area (Å²) in [5, 5.41) is 13.4. The molecule has 0 heterocycles. The lowest BCUT2D eigenvalue weighted by molar-refractivity contribution is -0.137. The van der Waals surface area contributed by atoms with E-state index < -0.39 is 17.6 Å². The number of nitrogens with zero attached hydrogens (tertiary/aromatic N) is 1. The second-order valence-electron chi connectivity index (χ2n) is 5.33. The van der Waals surface area contributed by atoms with Crippen LogP contribution in [-0.4, -0.2) is 23.8 Å². The van der Waals surface area contributed by atoms with Gasteiger partial charge in [-0.15, -0.1) is 0 Å². The number of hydrogen-bond acceptors (Lipinski definition) is 4. The highest BCUT2D eigenvalue weighted by molar-refractivity contribution is 5.84. The number of carbonyl (C=O) groups excluding carboxylic acids is 1. The van der Waals surface area contributed by atoms with E-state index in [4.69, 9.17) is 4.74 Å². The molecule has 8 heteroatoms. The number of aromatic hydroxyl groups is 1. The lowest BCUT2D eigenvalue weighted by Gasteiger charge is -2.08. The molecule has 1 amide bonds. The molecule has 0 radical (unpaired) electrons. The summed E-state index contributed by atoms with van der Waals surface area (Å²) in [6.45, 7) is 2.15. The lowest BCUT2D eigenvalue weighted by atomic mass is 10.1. The minimum atomic E-state index is -4.46. The van der Waals surface area contributed by atoms with Crippen LogP contribution in [0.2, 0.25) is 0 Å². The molecule has 0 bridgehead atoms. The van der Waals surface area contributed by atoms with E-state index in [9.17, 15) is 23.1 Å². The molecule has 0 unspecified atom stereocenters.